The molecule has 2 rings (SSSR count). The van der Waals surface area contributed by atoms with Gasteiger partial charge in [0.05, 0.1) is 0 Å². The Labute approximate surface area is 147 Å². The summed E-state index contributed by atoms with van der Waals surface area (Å²) < 4.78 is 6.28. The first-order valence-electron chi connectivity index (χ1n) is 9.08. The highest BCUT2D eigenvalue weighted by atomic mass is 16.5. The van der Waals surface area contributed by atoms with Gasteiger partial charge in [-0.05, 0) is 69.7 Å². The molecule has 0 fully saturated rings. The second-order valence-corrected chi connectivity index (χ2v) is 7.07. The van der Waals surface area contributed by atoms with Gasteiger partial charge in [-0.25, -0.2) is 4.98 Å². The van der Waals surface area contributed by atoms with Crippen molar-refractivity contribution in [1.29, 1.82) is 0 Å². The zero-order valence-electron chi connectivity index (χ0n) is 16.3. The highest BCUT2D eigenvalue weighted by Gasteiger charge is 2.15. The van der Waals surface area contributed by atoms with E-state index in [-0.39, 0.29) is 0 Å². The van der Waals surface area contributed by atoms with Gasteiger partial charge in [0.1, 0.15) is 5.75 Å². The molecule has 0 amide bonds. The third-order valence-corrected chi connectivity index (χ3v) is 4.93. The molecule has 0 saturated carbocycles. The summed E-state index contributed by atoms with van der Waals surface area (Å²) in [6.07, 6.45) is 3.53. The topological polar surface area (TPSA) is 22.1 Å². The van der Waals surface area contributed by atoms with Crippen LogP contribution in [-0.4, -0.2) is 4.98 Å². The molecule has 0 atom stereocenters. The third-order valence-electron chi connectivity index (χ3n) is 4.93. The van der Waals surface area contributed by atoms with E-state index in [0.717, 1.165) is 40.8 Å². The molecule has 0 aliphatic carbocycles. The van der Waals surface area contributed by atoms with Crippen molar-refractivity contribution < 1.29 is 4.74 Å². The summed E-state index contributed by atoms with van der Waals surface area (Å²) >= 11 is 0. The van der Waals surface area contributed by atoms with E-state index >= 15 is 0 Å². The number of nitrogens with zero attached hydrogens (tertiary/aromatic N) is 1. The van der Waals surface area contributed by atoms with Crippen LogP contribution in [-0.2, 0) is 6.42 Å². The SMILES string of the molecule is CCC(CC)Cc1cc(C)nc(Oc2c(C)cc(C)cc2C)c1C. The molecule has 2 heteroatoms. The average Bonchev–Trinajstić information content (AvgIpc) is 2.52. The number of pyridine rings is 1. The fraction of sp³-hybridized carbons (Fsp3) is 0.500. The minimum Gasteiger partial charge on any atom is -0.438 e. The Bertz CT molecular complexity index is 691. The zero-order valence-corrected chi connectivity index (χ0v) is 16.3. The molecule has 130 valence electrons. The van der Waals surface area contributed by atoms with Gasteiger partial charge in [-0.1, -0.05) is 44.4 Å². The maximum atomic E-state index is 6.28. The fourth-order valence-corrected chi connectivity index (χ4v) is 3.40. The van der Waals surface area contributed by atoms with E-state index in [1.165, 1.54) is 29.5 Å². The number of rotatable bonds is 6. The largest absolute Gasteiger partial charge is 0.438 e. The van der Waals surface area contributed by atoms with Gasteiger partial charge in [0.2, 0.25) is 5.88 Å². The maximum Gasteiger partial charge on any atom is 0.222 e. The molecule has 0 aliphatic heterocycles. The Morgan fingerprint density at radius 1 is 0.917 bits per heavy atom. The van der Waals surface area contributed by atoms with Crippen LogP contribution in [0.5, 0.6) is 11.6 Å². The van der Waals surface area contributed by atoms with Gasteiger partial charge in [-0.3, -0.25) is 0 Å². The van der Waals surface area contributed by atoms with E-state index in [2.05, 4.69) is 71.6 Å². The molecule has 0 spiro atoms. The summed E-state index contributed by atoms with van der Waals surface area (Å²) in [7, 11) is 0. The molecule has 0 N–H and O–H groups in total. The highest BCUT2D eigenvalue weighted by Crippen LogP contribution is 2.32. The molecule has 0 radical (unpaired) electrons. The van der Waals surface area contributed by atoms with Gasteiger partial charge in [0.15, 0.2) is 0 Å². The van der Waals surface area contributed by atoms with Crippen molar-refractivity contribution in [2.75, 3.05) is 0 Å². The van der Waals surface area contributed by atoms with Crippen molar-refractivity contribution in [2.24, 2.45) is 5.92 Å². The second-order valence-electron chi connectivity index (χ2n) is 7.07. The van der Waals surface area contributed by atoms with Crippen molar-refractivity contribution in [1.82, 2.24) is 4.98 Å². The Hall–Kier alpha value is -1.83. The molecule has 2 nitrogen and oxygen atoms in total. The predicted molar refractivity (Wildman–Crippen MR) is 102 cm³/mol. The summed E-state index contributed by atoms with van der Waals surface area (Å²) in [5, 5.41) is 0. The van der Waals surface area contributed by atoms with Gasteiger partial charge in [0, 0.05) is 11.3 Å². The first kappa shape index (κ1) is 18.5. The van der Waals surface area contributed by atoms with E-state index < -0.39 is 0 Å². The molecule has 0 aliphatic rings. The molecule has 1 aromatic heterocycles. The number of hydrogen-bond donors (Lipinski definition) is 0. The van der Waals surface area contributed by atoms with E-state index in [1.807, 2.05) is 0 Å². The number of aryl methyl sites for hydroxylation is 4. The molecule has 0 bridgehead atoms. The van der Waals surface area contributed by atoms with Crippen molar-refractivity contribution in [3.63, 3.8) is 0 Å². The minimum atomic E-state index is 0.723. The van der Waals surface area contributed by atoms with Gasteiger partial charge in [0.25, 0.3) is 0 Å². The van der Waals surface area contributed by atoms with Crippen LogP contribution in [0.4, 0.5) is 0 Å². The zero-order chi connectivity index (χ0) is 17.9. The van der Waals surface area contributed by atoms with Crippen LogP contribution in [0.2, 0.25) is 0 Å². The number of benzene rings is 1. The number of hydrogen-bond acceptors (Lipinski definition) is 2. The Balaban J connectivity index is 2.39. The predicted octanol–water partition coefficient (Wildman–Crippen LogP) is 6.39. The van der Waals surface area contributed by atoms with Gasteiger partial charge < -0.3 is 4.74 Å². The van der Waals surface area contributed by atoms with Gasteiger partial charge in [-0.2, -0.15) is 0 Å². The van der Waals surface area contributed by atoms with Crippen molar-refractivity contribution in [2.45, 2.75) is 67.7 Å². The van der Waals surface area contributed by atoms with E-state index in [0.29, 0.717) is 0 Å². The molecule has 0 saturated heterocycles. The normalized spacial score (nSPS) is 11.2. The summed E-state index contributed by atoms with van der Waals surface area (Å²) in [5.41, 5.74) is 7.16. The molecular weight excluding hydrogens is 294 g/mol. The van der Waals surface area contributed by atoms with Gasteiger partial charge in [-0.15, -0.1) is 0 Å². The van der Waals surface area contributed by atoms with E-state index in [1.54, 1.807) is 0 Å². The standard InChI is InChI=1S/C22H31NO/c1-8-19(9-2)13-20-12-17(6)23-22(18(20)7)24-21-15(4)10-14(3)11-16(21)5/h10-12,19H,8-9,13H2,1-7H3. The lowest BCUT2D eigenvalue weighted by molar-refractivity contribution is 0.445. The second kappa shape index (κ2) is 7.83. The summed E-state index contributed by atoms with van der Waals surface area (Å²) in [5.74, 6) is 2.42. The quantitative estimate of drug-likeness (QED) is 0.613. The van der Waals surface area contributed by atoms with Crippen molar-refractivity contribution in [3.05, 3.63) is 51.7 Å². The Kier molecular flexibility index (Phi) is 6.04. The average molecular weight is 325 g/mol. The smallest absolute Gasteiger partial charge is 0.222 e. The van der Waals surface area contributed by atoms with Crippen LogP contribution < -0.4 is 4.74 Å². The van der Waals surface area contributed by atoms with Crippen LogP contribution in [0.3, 0.4) is 0 Å². The van der Waals surface area contributed by atoms with Crippen LogP contribution in [0.25, 0.3) is 0 Å². The van der Waals surface area contributed by atoms with E-state index in [4.69, 9.17) is 4.74 Å². The van der Waals surface area contributed by atoms with Gasteiger partial charge >= 0.3 is 0 Å². The summed E-state index contributed by atoms with van der Waals surface area (Å²) in [4.78, 5) is 4.67. The monoisotopic (exact) mass is 325 g/mol. The summed E-state index contributed by atoms with van der Waals surface area (Å²) in [6.45, 7) is 15.1. The first-order valence-corrected chi connectivity index (χ1v) is 9.08. The molecule has 2 aromatic rings. The number of ether oxygens (including phenoxy) is 1. The Morgan fingerprint density at radius 2 is 1.50 bits per heavy atom. The molecule has 1 heterocycles. The van der Waals surface area contributed by atoms with Crippen LogP contribution in [0.1, 0.15) is 60.2 Å². The number of aromatic nitrogens is 1. The molecule has 24 heavy (non-hydrogen) atoms. The lowest BCUT2D eigenvalue weighted by atomic mass is 9.92. The molecule has 0 unspecified atom stereocenters. The molecule has 1 aromatic carbocycles. The Morgan fingerprint density at radius 3 is 2.04 bits per heavy atom. The van der Waals surface area contributed by atoms with Crippen LogP contribution >= 0.6 is 0 Å². The van der Waals surface area contributed by atoms with Crippen molar-refractivity contribution in [3.8, 4) is 11.6 Å². The highest BCUT2D eigenvalue weighted by molar-refractivity contribution is 5.46. The van der Waals surface area contributed by atoms with E-state index in [9.17, 15) is 0 Å². The fourth-order valence-electron chi connectivity index (χ4n) is 3.40. The summed E-state index contributed by atoms with van der Waals surface area (Å²) in [6, 6.07) is 6.55. The van der Waals surface area contributed by atoms with Crippen molar-refractivity contribution >= 4 is 0 Å². The lowest BCUT2D eigenvalue weighted by Crippen LogP contribution is -2.06. The third kappa shape index (κ3) is 4.17. The lowest BCUT2D eigenvalue weighted by Gasteiger charge is -2.18. The molecular formula is C22H31NO. The van der Waals surface area contributed by atoms with Crippen LogP contribution in [0, 0.1) is 40.5 Å². The van der Waals surface area contributed by atoms with Crippen LogP contribution in [0.15, 0.2) is 18.2 Å². The first-order chi connectivity index (χ1) is 11.3. The minimum absolute atomic E-state index is 0.723. The maximum absolute atomic E-state index is 6.28.